The van der Waals surface area contributed by atoms with E-state index >= 15 is 0 Å². The molecule has 1 saturated heterocycles. The van der Waals surface area contributed by atoms with Crippen molar-refractivity contribution in [3.63, 3.8) is 0 Å². The van der Waals surface area contributed by atoms with Gasteiger partial charge in [0.2, 0.25) is 5.91 Å². The number of amides is 1. The molecule has 1 aliphatic rings. The Bertz CT molecular complexity index is 443. The molecule has 1 aromatic rings. The normalized spacial score (nSPS) is 20.3. The molecule has 0 aliphatic carbocycles. The molecule has 9 heteroatoms. The fourth-order valence-electron chi connectivity index (χ4n) is 1.54. The number of carbonyl (C=O) groups is 1. The Hall–Kier alpha value is -1.19. The lowest BCUT2D eigenvalue weighted by atomic mass is 10.2. The van der Waals surface area contributed by atoms with Crippen molar-refractivity contribution in [3.8, 4) is 0 Å². The summed E-state index contributed by atoms with van der Waals surface area (Å²) in [4.78, 5) is 15.1. The first kappa shape index (κ1) is 14.2. The molecular formula is C10H12F3N3O2S. The number of alkyl halides is 3. The van der Waals surface area contributed by atoms with E-state index in [1.54, 1.807) is 0 Å². The van der Waals surface area contributed by atoms with Crippen molar-refractivity contribution in [3.05, 3.63) is 16.1 Å². The van der Waals surface area contributed by atoms with Crippen LogP contribution in [0.3, 0.4) is 0 Å². The maximum atomic E-state index is 12.3. The van der Waals surface area contributed by atoms with Crippen molar-refractivity contribution in [2.24, 2.45) is 0 Å². The third-order valence-corrected chi connectivity index (χ3v) is 3.34. The minimum atomic E-state index is -4.45. The van der Waals surface area contributed by atoms with E-state index in [0.29, 0.717) is 13.2 Å². The molecule has 2 rings (SSSR count). The molecule has 0 aromatic carbocycles. The van der Waals surface area contributed by atoms with E-state index in [0.717, 1.165) is 16.7 Å². The standard InChI is InChI=1S/C10H12F3N3O2S/c11-10(12,13)7-5-19-8(16-7)3-15-9(17)6-4-18-2-1-14-6/h5-6,14H,1-4H2,(H,15,17). The predicted molar refractivity (Wildman–Crippen MR) is 61.6 cm³/mol. The van der Waals surface area contributed by atoms with Crippen LogP contribution in [0.2, 0.25) is 0 Å². The van der Waals surface area contributed by atoms with Crippen LogP contribution < -0.4 is 10.6 Å². The molecule has 0 radical (unpaired) electrons. The summed E-state index contributed by atoms with van der Waals surface area (Å²) < 4.78 is 42.1. The molecule has 1 amide bonds. The number of nitrogens with zero attached hydrogens (tertiary/aromatic N) is 1. The van der Waals surface area contributed by atoms with Crippen LogP contribution in [0.25, 0.3) is 0 Å². The molecule has 1 atom stereocenters. The van der Waals surface area contributed by atoms with E-state index in [2.05, 4.69) is 15.6 Å². The molecule has 5 nitrogen and oxygen atoms in total. The molecule has 1 aliphatic heterocycles. The molecule has 0 bridgehead atoms. The minimum Gasteiger partial charge on any atom is -0.378 e. The summed E-state index contributed by atoms with van der Waals surface area (Å²) in [5.41, 5.74) is -0.930. The Morgan fingerprint density at radius 1 is 1.63 bits per heavy atom. The highest BCUT2D eigenvalue weighted by Crippen LogP contribution is 2.29. The molecule has 2 heterocycles. The summed E-state index contributed by atoms with van der Waals surface area (Å²) in [5.74, 6) is -0.302. The van der Waals surface area contributed by atoms with Gasteiger partial charge in [-0.1, -0.05) is 0 Å². The van der Waals surface area contributed by atoms with E-state index in [1.807, 2.05) is 0 Å². The number of ether oxygens (including phenoxy) is 1. The third kappa shape index (κ3) is 3.88. The summed E-state index contributed by atoms with van der Waals surface area (Å²) in [6.45, 7) is 1.37. The lowest BCUT2D eigenvalue weighted by molar-refractivity contribution is -0.140. The van der Waals surface area contributed by atoms with Crippen LogP contribution in [0, 0.1) is 0 Å². The zero-order chi connectivity index (χ0) is 13.9. The van der Waals surface area contributed by atoms with Gasteiger partial charge >= 0.3 is 6.18 Å². The van der Waals surface area contributed by atoms with Gasteiger partial charge in [0.15, 0.2) is 5.69 Å². The fraction of sp³-hybridized carbons (Fsp3) is 0.600. The molecular weight excluding hydrogens is 283 g/mol. The van der Waals surface area contributed by atoms with Gasteiger partial charge in [-0.2, -0.15) is 13.2 Å². The van der Waals surface area contributed by atoms with Crippen molar-refractivity contribution in [1.82, 2.24) is 15.6 Å². The van der Waals surface area contributed by atoms with Gasteiger partial charge in [0.05, 0.1) is 19.8 Å². The number of thiazole rings is 1. The zero-order valence-electron chi connectivity index (χ0n) is 9.79. The van der Waals surface area contributed by atoms with Crippen molar-refractivity contribution >= 4 is 17.2 Å². The topological polar surface area (TPSA) is 63.2 Å². The highest BCUT2D eigenvalue weighted by Gasteiger charge is 2.33. The monoisotopic (exact) mass is 295 g/mol. The number of nitrogens with one attached hydrogen (secondary N) is 2. The van der Waals surface area contributed by atoms with Crippen molar-refractivity contribution < 1.29 is 22.7 Å². The molecule has 0 spiro atoms. The van der Waals surface area contributed by atoms with Gasteiger partial charge < -0.3 is 15.4 Å². The number of halogens is 3. The lowest BCUT2D eigenvalue weighted by Crippen LogP contribution is -2.51. The average Bonchev–Trinajstić information content (AvgIpc) is 2.86. The lowest BCUT2D eigenvalue weighted by Gasteiger charge is -2.22. The second-order valence-corrected chi connectivity index (χ2v) is 4.87. The second-order valence-electron chi connectivity index (χ2n) is 3.92. The Morgan fingerprint density at radius 3 is 3.00 bits per heavy atom. The predicted octanol–water partition coefficient (Wildman–Crippen LogP) is 0.766. The van der Waals surface area contributed by atoms with E-state index in [1.165, 1.54) is 0 Å². The van der Waals surface area contributed by atoms with Crippen LogP contribution in [0.1, 0.15) is 10.7 Å². The van der Waals surface area contributed by atoms with Crippen LogP contribution in [-0.2, 0) is 22.3 Å². The van der Waals surface area contributed by atoms with Crippen LogP contribution in [0.15, 0.2) is 5.38 Å². The number of carbonyl (C=O) groups excluding carboxylic acids is 1. The van der Waals surface area contributed by atoms with Crippen LogP contribution >= 0.6 is 11.3 Å². The number of morpholine rings is 1. The Kier molecular flexibility index (Phi) is 4.38. The fourth-order valence-corrected chi connectivity index (χ4v) is 2.28. The second kappa shape index (κ2) is 5.85. The van der Waals surface area contributed by atoms with Crippen molar-refractivity contribution in [2.75, 3.05) is 19.8 Å². The van der Waals surface area contributed by atoms with Crippen LogP contribution in [0.5, 0.6) is 0 Å². The largest absolute Gasteiger partial charge is 0.434 e. The van der Waals surface area contributed by atoms with Crippen LogP contribution in [0.4, 0.5) is 13.2 Å². The number of aromatic nitrogens is 1. The summed E-state index contributed by atoms with van der Waals surface area (Å²) >= 11 is 0.868. The van der Waals surface area contributed by atoms with Crippen molar-refractivity contribution in [2.45, 2.75) is 18.8 Å². The summed E-state index contributed by atoms with van der Waals surface area (Å²) in [5, 5.41) is 6.64. The molecule has 1 aromatic heterocycles. The maximum absolute atomic E-state index is 12.3. The van der Waals surface area contributed by atoms with Gasteiger partial charge in [-0.15, -0.1) is 11.3 Å². The van der Waals surface area contributed by atoms with Gasteiger partial charge in [0, 0.05) is 11.9 Å². The van der Waals surface area contributed by atoms with Crippen LogP contribution in [-0.4, -0.2) is 36.7 Å². The first-order chi connectivity index (χ1) is 8.97. The van der Waals surface area contributed by atoms with Gasteiger partial charge in [-0.25, -0.2) is 4.98 Å². The molecule has 1 unspecified atom stereocenters. The van der Waals surface area contributed by atoms with E-state index < -0.39 is 17.9 Å². The summed E-state index contributed by atoms with van der Waals surface area (Å²) in [6.07, 6.45) is -4.45. The van der Waals surface area contributed by atoms with E-state index in [-0.39, 0.29) is 24.1 Å². The number of hydrogen-bond acceptors (Lipinski definition) is 5. The molecule has 1 fully saturated rings. The Balaban J connectivity index is 1.85. The average molecular weight is 295 g/mol. The van der Waals surface area contributed by atoms with Gasteiger partial charge in [-0.05, 0) is 0 Å². The first-order valence-corrected chi connectivity index (χ1v) is 6.45. The summed E-state index contributed by atoms with van der Waals surface area (Å²) in [7, 11) is 0. The van der Waals surface area contributed by atoms with Gasteiger partial charge in [0.1, 0.15) is 11.0 Å². The molecule has 2 N–H and O–H groups in total. The first-order valence-electron chi connectivity index (χ1n) is 5.57. The number of rotatable bonds is 3. The third-order valence-electron chi connectivity index (χ3n) is 2.49. The van der Waals surface area contributed by atoms with E-state index in [9.17, 15) is 18.0 Å². The molecule has 106 valence electrons. The zero-order valence-corrected chi connectivity index (χ0v) is 10.6. The van der Waals surface area contributed by atoms with Gasteiger partial charge in [-0.3, -0.25) is 4.79 Å². The molecule has 19 heavy (non-hydrogen) atoms. The quantitative estimate of drug-likeness (QED) is 0.864. The Morgan fingerprint density at radius 2 is 2.42 bits per heavy atom. The highest BCUT2D eigenvalue weighted by molar-refractivity contribution is 7.09. The smallest absolute Gasteiger partial charge is 0.378 e. The number of hydrogen-bond donors (Lipinski definition) is 2. The highest BCUT2D eigenvalue weighted by atomic mass is 32.1. The molecule has 0 saturated carbocycles. The maximum Gasteiger partial charge on any atom is 0.434 e. The minimum absolute atomic E-state index is 0.0161. The van der Waals surface area contributed by atoms with Crippen molar-refractivity contribution in [1.29, 1.82) is 0 Å². The van der Waals surface area contributed by atoms with Gasteiger partial charge in [0.25, 0.3) is 0 Å². The summed E-state index contributed by atoms with van der Waals surface area (Å²) in [6, 6.07) is -0.462. The SMILES string of the molecule is O=C(NCc1nc(C(F)(F)F)cs1)C1COCCN1. The Labute approximate surface area is 111 Å². The van der Waals surface area contributed by atoms with E-state index in [4.69, 9.17) is 4.74 Å².